The van der Waals surface area contributed by atoms with Gasteiger partial charge in [-0.3, -0.25) is 9.88 Å². The van der Waals surface area contributed by atoms with Gasteiger partial charge in [-0.25, -0.2) is 9.97 Å². The topological polar surface area (TPSA) is 45.2 Å². The Hall–Kier alpha value is -2.01. The van der Waals surface area contributed by atoms with Gasteiger partial charge in [0.2, 0.25) is 0 Å². The molecular formula is C20H25N5. The number of anilines is 1. The van der Waals surface area contributed by atoms with Crippen molar-refractivity contribution in [1.82, 2.24) is 19.9 Å². The highest BCUT2D eigenvalue weighted by molar-refractivity contribution is 5.47. The van der Waals surface area contributed by atoms with Crippen LogP contribution in [0.5, 0.6) is 0 Å². The van der Waals surface area contributed by atoms with Gasteiger partial charge < -0.3 is 4.90 Å². The zero-order chi connectivity index (χ0) is 16.8. The highest BCUT2D eigenvalue weighted by atomic mass is 15.4. The molecule has 1 saturated carbocycles. The summed E-state index contributed by atoms with van der Waals surface area (Å²) in [5.41, 5.74) is 3.54. The number of hydrogen-bond acceptors (Lipinski definition) is 5. The average Bonchev–Trinajstić information content (AvgIpc) is 2.53. The van der Waals surface area contributed by atoms with Crippen LogP contribution < -0.4 is 4.90 Å². The van der Waals surface area contributed by atoms with Crippen molar-refractivity contribution in [1.29, 1.82) is 0 Å². The fourth-order valence-corrected chi connectivity index (χ4v) is 4.55. The maximum Gasteiger partial charge on any atom is 0.132 e. The van der Waals surface area contributed by atoms with E-state index in [2.05, 4.69) is 55.9 Å². The van der Waals surface area contributed by atoms with Gasteiger partial charge in [0.15, 0.2) is 0 Å². The summed E-state index contributed by atoms with van der Waals surface area (Å²) in [4.78, 5) is 18.8. The number of piperazine rings is 1. The van der Waals surface area contributed by atoms with Crippen LogP contribution in [0, 0.1) is 6.92 Å². The Morgan fingerprint density at radius 1 is 1.12 bits per heavy atom. The fraction of sp³-hybridized carbons (Fsp3) is 0.550. The number of fused-ring (bicyclic) bond motifs is 2. The third-order valence-electron chi connectivity index (χ3n) is 6.06. The van der Waals surface area contributed by atoms with E-state index in [-0.39, 0.29) is 0 Å². The fourth-order valence-electron chi connectivity index (χ4n) is 4.55. The van der Waals surface area contributed by atoms with Gasteiger partial charge in [-0.1, -0.05) is 12.5 Å². The van der Waals surface area contributed by atoms with E-state index in [9.17, 15) is 0 Å². The molecule has 5 heterocycles. The minimum absolute atomic E-state index is 0.590. The summed E-state index contributed by atoms with van der Waals surface area (Å²) in [6, 6.07) is 9.74. The Kier molecular flexibility index (Phi) is 3.70. The molecule has 2 atom stereocenters. The van der Waals surface area contributed by atoms with Crippen LogP contribution in [0.25, 0.3) is 0 Å². The molecule has 4 fully saturated rings. The van der Waals surface area contributed by atoms with Crippen LogP contribution in [0.15, 0.2) is 30.6 Å². The predicted octanol–water partition coefficient (Wildman–Crippen LogP) is 2.91. The summed E-state index contributed by atoms with van der Waals surface area (Å²) >= 11 is 0. The molecule has 3 aliphatic heterocycles. The van der Waals surface area contributed by atoms with Crippen LogP contribution in [0.4, 0.5) is 5.82 Å². The van der Waals surface area contributed by atoms with Gasteiger partial charge in [0.1, 0.15) is 12.1 Å². The van der Waals surface area contributed by atoms with E-state index in [1.54, 1.807) is 6.33 Å². The quantitative estimate of drug-likeness (QED) is 0.860. The smallest absolute Gasteiger partial charge is 0.132 e. The molecule has 6 rings (SSSR count). The van der Waals surface area contributed by atoms with Gasteiger partial charge >= 0.3 is 0 Å². The summed E-state index contributed by atoms with van der Waals surface area (Å²) in [7, 11) is 0. The Morgan fingerprint density at radius 2 is 1.96 bits per heavy atom. The minimum Gasteiger partial charge on any atom is -0.348 e. The van der Waals surface area contributed by atoms with Gasteiger partial charge in [0, 0.05) is 55.1 Å². The molecule has 25 heavy (non-hydrogen) atoms. The Morgan fingerprint density at radius 3 is 2.68 bits per heavy atom. The molecule has 4 aliphatic rings. The molecule has 5 nitrogen and oxygen atoms in total. The van der Waals surface area contributed by atoms with Gasteiger partial charge in [0.05, 0.1) is 5.69 Å². The average molecular weight is 335 g/mol. The van der Waals surface area contributed by atoms with E-state index >= 15 is 0 Å². The van der Waals surface area contributed by atoms with Crippen LogP contribution in [-0.4, -0.2) is 45.0 Å². The number of aromatic nitrogens is 3. The maximum atomic E-state index is 4.66. The molecule has 2 aromatic rings. The number of rotatable bonds is 4. The van der Waals surface area contributed by atoms with Crippen molar-refractivity contribution in [2.45, 2.75) is 57.2 Å². The summed E-state index contributed by atoms with van der Waals surface area (Å²) in [6.45, 7) is 5.23. The Balaban J connectivity index is 1.27. The molecule has 5 heteroatoms. The number of piperidine rings is 1. The molecular weight excluding hydrogens is 310 g/mol. The first-order valence-corrected chi connectivity index (χ1v) is 9.51. The number of pyridine rings is 1. The lowest BCUT2D eigenvalue weighted by atomic mass is 9.82. The Bertz CT molecular complexity index is 760. The van der Waals surface area contributed by atoms with Crippen molar-refractivity contribution in [3.63, 3.8) is 0 Å². The van der Waals surface area contributed by atoms with Gasteiger partial charge in [-0.15, -0.1) is 0 Å². The van der Waals surface area contributed by atoms with Gasteiger partial charge in [0.25, 0.3) is 0 Å². The number of nitrogens with zero attached hydrogens (tertiary/aromatic N) is 5. The second-order valence-electron chi connectivity index (χ2n) is 7.84. The van der Waals surface area contributed by atoms with Crippen molar-refractivity contribution in [2.24, 2.45) is 0 Å². The lowest BCUT2D eigenvalue weighted by molar-refractivity contribution is 0.106. The van der Waals surface area contributed by atoms with Crippen LogP contribution in [0.1, 0.15) is 48.7 Å². The highest BCUT2D eigenvalue weighted by Crippen LogP contribution is 2.39. The van der Waals surface area contributed by atoms with Crippen molar-refractivity contribution >= 4 is 5.82 Å². The molecule has 1 aliphatic carbocycles. The first-order chi connectivity index (χ1) is 12.3. The first-order valence-electron chi connectivity index (χ1n) is 9.51. The molecule has 0 N–H and O–H groups in total. The molecule has 2 bridgehead atoms. The largest absolute Gasteiger partial charge is 0.348 e. The van der Waals surface area contributed by atoms with E-state index in [0.29, 0.717) is 18.0 Å². The molecule has 0 spiro atoms. The molecule has 2 unspecified atom stereocenters. The SMILES string of the molecule is Cc1cccc(CN2CC3CC(C2)N3c2cc(C3CCC3)ncn2)n1. The maximum absolute atomic E-state index is 4.66. The molecule has 2 aromatic heterocycles. The first kappa shape index (κ1) is 15.3. The second kappa shape index (κ2) is 6.06. The predicted molar refractivity (Wildman–Crippen MR) is 97.5 cm³/mol. The second-order valence-corrected chi connectivity index (χ2v) is 7.84. The molecule has 3 saturated heterocycles. The lowest BCUT2D eigenvalue weighted by Crippen LogP contribution is -2.69. The molecule has 0 aromatic carbocycles. The van der Waals surface area contributed by atoms with Crippen molar-refractivity contribution < 1.29 is 0 Å². The number of hydrogen-bond donors (Lipinski definition) is 0. The number of aryl methyl sites for hydroxylation is 1. The van der Waals surface area contributed by atoms with Crippen molar-refractivity contribution in [3.8, 4) is 0 Å². The molecule has 0 amide bonds. The van der Waals surface area contributed by atoms with E-state index < -0.39 is 0 Å². The van der Waals surface area contributed by atoms with Crippen LogP contribution >= 0.6 is 0 Å². The van der Waals surface area contributed by atoms with Gasteiger partial charge in [-0.2, -0.15) is 0 Å². The monoisotopic (exact) mass is 335 g/mol. The van der Waals surface area contributed by atoms with E-state index in [0.717, 1.165) is 31.1 Å². The minimum atomic E-state index is 0.590. The van der Waals surface area contributed by atoms with E-state index in [4.69, 9.17) is 0 Å². The highest BCUT2D eigenvalue weighted by Gasteiger charge is 2.45. The standard InChI is InChI=1S/C20H25N5/c1-14-4-2-7-16(23-14)10-24-11-17-8-18(12-24)25(17)20-9-19(21-13-22-20)15-5-3-6-15/h2,4,7,9,13,15,17-18H,3,5-6,8,10-12H2,1H3. The molecule has 130 valence electrons. The Labute approximate surface area is 149 Å². The zero-order valence-corrected chi connectivity index (χ0v) is 14.8. The summed E-state index contributed by atoms with van der Waals surface area (Å²) < 4.78 is 0. The normalized spacial score (nSPS) is 26.2. The van der Waals surface area contributed by atoms with Gasteiger partial charge in [-0.05, 0) is 38.3 Å². The van der Waals surface area contributed by atoms with E-state index in [1.165, 1.54) is 37.1 Å². The summed E-state index contributed by atoms with van der Waals surface area (Å²) in [5, 5.41) is 0. The third kappa shape index (κ3) is 2.80. The lowest BCUT2D eigenvalue weighted by Gasteiger charge is -2.57. The van der Waals surface area contributed by atoms with Crippen LogP contribution in [0.3, 0.4) is 0 Å². The summed E-state index contributed by atoms with van der Waals surface area (Å²) in [5.74, 6) is 1.82. The summed E-state index contributed by atoms with van der Waals surface area (Å²) in [6.07, 6.45) is 6.99. The van der Waals surface area contributed by atoms with Crippen molar-refractivity contribution in [2.75, 3.05) is 18.0 Å². The third-order valence-corrected chi connectivity index (χ3v) is 6.06. The van der Waals surface area contributed by atoms with Crippen LogP contribution in [-0.2, 0) is 6.54 Å². The van der Waals surface area contributed by atoms with Crippen LogP contribution in [0.2, 0.25) is 0 Å². The van der Waals surface area contributed by atoms with Crippen molar-refractivity contribution in [3.05, 3.63) is 47.7 Å². The zero-order valence-electron chi connectivity index (χ0n) is 14.8. The van der Waals surface area contributed by atoms with E-state index in [1.807, 2.05) is 0 Å². The molecule has 0 radical (unpaired) electrons.